The third-order valence-electron chi connectivity index (χ3n) is 4.74. The van der Waals surface area contributed by atoms with Gasteiger partial charge < -0.3 is 15.5 Å². The molecule has 0 aliphatic carbocycles. The van der Waals surface area contributed by atoms with Crippen LogP contribution in [-0.2, 0) is 0 Å². The van der Waals surface area contributed by atoms with Crippen LogP contribution in [0.4, 0.5) is 15.8 Å². The third kappa shape index (κ3) is 3.51. The summed E-state index contributed by atoms with van der Waals surface area (Å²) in [5, 5.41) is 0. The van der Waals surface area contributed by atoms with Gasteiger partial charge in [0.1, 0.15) is 5.82 Å². The van der Waals surface area contributed by atoms with Crippen molar-refractivity contribution in [3.05, 3.63) is 22.4 Å². The van der Waals surface area contributed by atoms with Crippen molar-refractivity contribution in [3.63, 3.8) is 0 Å². The zero-order valence-electron chi connectivity index (χ0n) is 12.3. The number of likely N-dealkylation sites (tertiary alicyclic amines) is 1. The van der Waals surface area contributed by atoms with Gasteiger partial charge in [0.2, 0.25) is 0 Å². The molecule has 21 heavy (non-hydrogen) atoms. The SMILES string of the molecule is Nc1cc(F)c(Br)cc1N1CCC(CN2CCCC2)CC1. The van der Waals surface area contributed by atoms with E-state index >= 15 is 0 Å². The van der Waals surface area contributed by atoms with Gasteiger partial charge in [-0.15, -0.1) is 0 Å². The highest BCUT2D eigenvalue weighted by Gasteiger charge is 2.24. The van der Waals surface area contributed by atoms with Gasteiger partial charge in [0.25, 0.3) is 0 Å². The number of hydrogen-bond acceptors (Lipinski definition) is 3. The zero-order valence-corrected chi connectivity index (χ0v) is 13.9. The summed E-state index contributed by atoms with van der Waals surface area (Å²) in [5.74, 6) is 0.504. The lowest BCUT2D eigenvalue weighted by Gasteiger charge is -2.35. The molecule has 5 heteroatoms. The Bertz CT molecular complexity index is 495. The van der Waals surface area contributed by atoms with Gasteiger partial charge >= 0.3 is 0 Å². The van der Waals surface area contributed by atoms with E-state index in [0.717, 1.165) is 24.7 Å². The van der Waals surface area contributed by atoms with Gasteiger partial charge in [-0.25, -0.2) is 4.39 Å². The van der Waals surface area contributed by atoms with Crippen molar-refractivity contribution in [1.82, 2.24) is 4.90 Å². The third-order valence-corrected chi connectivity index (χ3v) is 5.35. The molecule has 1 aromatic carbocycles. The molecule has 2 aliphatic heterocycles. The van der Waals surface area contributed by atoms with Gasteiger partial charge in [-0.1, -0.05) is 0 Å². The average Bonchev–Trinajstić information content (AvgIpc) is 2.97. The number of nitrogens with two attached hydrogens (primary N) is 1. The number of piperidine rings is 1. The minimum atomic E-state index is -0.292. The normalized spacial score (nSPS) is 21.1. The Kier molecular flexibility index (Phi) is 4.69. The molecule has 2 aliphatic rings. The van der Waals surface area contributed by atoms with E-state index < -0.39 is 0 Å². The van der Waals surface area contributed by atoms with E-state index in [2.05, 4.69) is 25.7 Å². The molecule has 0 atom stereocenters. The largest absolute Gasteiger partial charge is 0.397 e. The maximum atomic E-state index is 13.5. The summed E-state index contributed by atoms with van der Waals surface area (Å²) < 4.78 is 14.0. The standard InChI is InChI=1S/C16H23BrFN3/c17-13-9-16(15(19)10-14(13)18)21-7-3-12(4-8-21)11-20-5-1-2-6-20/h9-10,12H,1-8,11,19H2. The van der Waals surface area contributed by atoms with E-state index in [0.29, 0.717) is 10.2 Å². The summed E-state index contributed by atoms with van der Waals surface area (Å²) in [6.07, 6.45) is 5.12. The fourth-order valence-electron chi connectivity index (χ4n) is 3.51. The van der Waals surface area contributed by atoms with Crippen molar-refractivity contribution in [2.24, 2.45) is 5.92 Å². The van der Waals surface area contributed by atoms with Gasteiger partial charge in [-0.2, -0.15) is 0 Å². The molecule has 1 aromatic rings. The lowest BCUT2D eigenvalue weighted by Crippen LogP contribution is -2.38. The van der Waals surface area contributed by atoms with Crippen LogP contribution in [0, 0.1) is 11.7 Å². The first-order valence-electron chi connectivity index (χ1n) is 7.85. The van der Waals surface area contributed by atoms with E-state index in [1.807, 2.05) is 6.07 Å². The van der Waals surface area contributed by atoms with Crippen LogP contribution in [0.3, 0.4) is 0 Å². The molecule has 2 N–H and O–H groups in total. The van der Waals surface area contributed by atoms with Crippen molar-refractivity contribution in [2.75, 3.05) is 43.4 Å². The first-order chi connectivity index (χ1) is 10.1. The van der Waals surface area contributed by atoms with E-state index in [9.17, 15) is 4.39 Å². The molecule has 2 fully saturated rings. The Morgan fingerprint density at radius 3 is 2.48 bits per heavy atom. The van der Waals surface area contributed by atoms with Crippen LogP contribution in [0.5, 0.6) is 0 Å². The molecule has 3 nitrogen and oxygen atoms in total. The topological polar surface area (TPSA) is 32.5 Å². The summed E-state index contributed by atoms with van der Waals surface area (Å²) in [6.45, 7) is 5.83. The first-order valence-corrected chi connectivity index (χ1v) is 8.64. The van der Waals surface area contributed by atoms with E-state index in [1.54, 1.807) is 0 Å². The lowest BCUT2D eigenvalue weighted by molar-refractivity contribution is 0.249. The number of rotatable bonds is 3. The number of nitrogens with zero attached hydrogens (tertiary/aromatic N) is 2. The van der Waals surface area contributed by atoms with Crippen LogP contribution in [0.1, 0.15) is 25.7 Å². The summed E-state index contributed by atoms with van der Waals surface area (Å²) in [6, 6.07) is 3.22. The van der Waals surface area contributed by atoms with Crippen molar-refractivity contribution in [2.45, 2.75) is 25.7 Å². The second-order valence-corrected chi connectivity index (χ2v) is 7.12. The summed E-state index contributed by atoms with van der Waals surface area (Å²) in [5.41, 5.74) is 7.47. The molecule has 2 heterocycles. The Labute approximate surface area is 134 Å². The fourth-order valence-corrected chi connectivity index (χ4v) is 3.84. The summed E-state index contributed by atoms with van der Waals surface area (Å²) in [7, 11) is 0. The molecule has 0 aromatic heterocycles. The molecule has 2 saturated heterocycles. The predicted molar refractivity (Wildman–Crippen MR) is 89.1 cm³/mol. The minimum Gasteiger partial charge on any atom is -0.397 e. The molecule has 116 valence electrons. The van der Waals surface area contributed by atoms with Gasteiger partial charge in [-0.3, -0.25) is 0 Å². The second kappa shape index (κ2) is 6.53. The lowest BCUT2D eigenvalue weighted by atomic mass is 9.95. The molecule has 3 rings (SSSR count). The zero-order chi connectivity index (χ0) is 14.8. The van der Waals surface area contributed by atoms with Crippen LogP contribution >= 0.6 is 15.9 Å². The van der Waals surface area contributed by atoms with Crippen molar-refractivity contribution in [1.29, 1.82) is 0 Å². The molecule has 0 amide bonds. The fraction of sp³-hybridized carbons (Fsp3) is 0.625. The highest BCUT2D eigenvalue weighted by molar-refractivity contribution is 9.10. The molecule has 0 radical (unpaired) electrons. The quantitative estimate of drug-likeness (QED) is 0.842. The Morgan fingerprint density at radius 2 is 1.81 bits per heavy atom. The first kappa shape index (κ1) is 15.1. The number of hydrogen-bond donors (Lipinski definition) is 1. The van der Waals surface area contributed by atoms with Crippen LogP contribution in [0.2, 0.25) is 0 Å². The highest BCUT2D eigenvalue weighted by atomic mass is 79.9. The summed E-state index contributed by atoms with van der Waals surface area (Å²) in [4.78, 5) is 4.89. The average molecular weight is 356 g/mol. The Morgan fingerprint density at radius 1 is 1.14 bits per heavy atom. The number of anilines is 2. The van der Waals surface area contributed by atoms with E-state index in [1.165, 1.54) is 51.4 Å². The van der Waals surface area contributed by atoms with Gasteiger partial charge in [-0.05, 0) is 66.7 Å². The highest BCUT2D eigenvalue weighted by Crippen LogP contribution is 2.32. The van der Waals surface area contributed by atoms with Crippen LogP contribution in [0.15, 0.2) is 16.6 Å². The molecular formula is C16H23BrFN3. The molecule has 0 saturated carbocycles. The number of nitrogen functional groups attached to an aromatic ring is 1. The van der Waals surface area contributed by atoms with Gasteiger partial charge in [0, 0.05) is 25.7 Å². The molecule has 0 unspecified atom stereocenters. The van der Waals surface area contributed by atoms with Crippen LogP contribution < -0.4 is 10.6 Å². The van der Waals surface area contributed by atoms with E-state index in [4.69, 9.17) is 5.73 Å². The van der Waals surface area contributed by atoms with Gasteiger partial charge in [0.05, 0.1) is 15.8 Å². The molecule has 0 bridgehead atoms. The number of benzene rings is 1. The maximum Gasteiger partial charge on any atom is 0.139 e. The summed E-state index contributed by atoms with van der Waals surface area (Å²) >= 11 is 3.25. The minimum absolute atomic E-state index is 0.292. The second-order valence-electron chi connectivity index (χ2n) is 6.26. The molecule has 0 spiro atoms. The monoisotopic (exact) mass is 355 g/mol. The van der Waals surface area contributed by atoms with Crippen LogP contribution in [-0.4, -0.2) is 37.6 Å². The Balaban J connectivity index is 1.59. The molecular weight excluding hydrogens is 333 g/mol. The van der Waals surface area contributed by atoms with Crippen molar-refractivity contribution < 1.29 is 4.39 Å². The smallest absolute Gasteiger partial charge is 0.139 e. The van der Waals surface area contributed by atoms with Gasteiger partial charge in [0.15, 0.2) is 0 Å². The maximum absolute atomic E-state index is 13.5. The predicted octanol–water partition coefficient (Wildman–Crippen LogP) is 3.48. The Hall–Kier alpha value is -0.810. The van der Waals surface area contributed by atoms with Crippen molar-refractivity contribution in [3.8, 4) is 0 Å². The van der Waals surface area contributed by atoms with Crippen molar-refractivity contribution >= 4 is 27.3 Å². The van der Waals surface area contributed by atoms with E-state index in [-0.39, 0.29) is 5.82 Å². The van der Waals surface area contributed by atoms with Crippen LogP contribution in [0.25, 0.3) is 0 Å². The number of halogens is 2.